The zero-order chi connectivity index (χ0) is 15.7. The highest BCUT2D eigenvalue weighted by Gasteiger charge is 2.32. The summed E-state index contributed by atoms with van der Waals surface area (Å²) < 4.78 is 27.1. The van der Waals surface area contributed by atoms with Gasteiger partial charge in [0.25, 0.3) is 0 Å². The van der Waals surface area contributed by atoms with E-state index in [1.807, 2.05) is 12.1 Å². The molecule has 1 aliphatic rings. The Bertz CT molecular complexity index is 729. The SMILES string of the molecule is Cc1n[nH]c(C)c1S(=O)(=O)N1CCN(c2ccncc2)CC1. The van der Waals surface area contributed by atoms with Crippen molar-refractivity contribution in [3.05, 3.63) is 35.9 Å². The van der Waals surface area contributed by atoms with E-state index < -0.39 is 10.0 Å². The fraction of sp³-hybridized carbons (Fsp3) is 0.429. The summed E-state index contributed by atoms with van der Waals surface area (Å²) in [7, 11) is -3.49. The number of rotatable bonds is 3. The van der Waals surface area contributed by atoms with E-state index >= 15 is 0 Å². The monoisotopic (exact) mass is 321 g/mol. The number of nitrogens with zero attached hydrogens (tertiary/aromatic N) is 4. The number of hydrogen-bond donors (Lipinski definition) is 1. The Morgan fingerprint density at radius 2 is 1.73 bits per heavy atom. The van der Waals surface area contributed by atoms with Crippen molar-refractivity contribution in [3.8, 4) is 0 Å². The number of pyridine rings is 1. The molecule has 7 nitrogen and oxygen atoms in total. The lowest BCUT2D eigenvalue weighted by molar-refractivity contribution is 0.384. The van der Waals surface area contributed by atoms with Crippen LogP contribution in [0.1, 0.15) is 11.4 Å². The predicted molar refractivity (Wildman–Crippen MR) is 83.3 cm³/mol. The van der Waals surface area contributed by atoms with E-state index in [1.54, 1.807) is 26.2 Å². The average molecular weight is 321 g/mol. The third kappa shape index (κ3) is 2.59. The summed E-state index contributed by atoms with van der Waals surface area (Å²) in [4.78, 5) is 6.48. The van der Waals surface area contributed by atoms with Crippen LogP contribution in [-0.4, -0.2) is 54.1 Å². The van der Waals surface area contributed by atoms with E-state index in [0.29, 0.717) is 42.5 Å². The van der Waals surface area contributed by atoms with Crippen LogP contribution in [-0.2, 0) is 10.0 Å². The number of piperazine rings is 1. The number of sulfonamides is 1. The van der Waals surface area contributed by atoms with Crippen molar-refractivity contribution in [2.45, 2.75) is 18.7 Å². The molecule has 1 saturated heterocycles. The van der Waals surface area contributed by atoms with Crippen LogP contribution in [0.2, 0.25) is 0 Å². The molecule has 0 aliphatic carbocycles. The normalized spacial score (nSPS) is 16.9. The van der Waals surface area contributed by atoms with Crippen LogP contribution in [0.3, 0.4) is 0 Å². The fourth-order valence-corrected chi connectivity index (χ4v) is 4.55. The van der Waals surface area contributed by atoms with Crippen molar-refractivity contribution in [2.24, 2.45) is 0 Å². The zero-order valence-corrected chi connectivity index (χ0v) is 13.5. The maximum atomic E-state index is 12.8. The number of H-pyrrole nitrogens is 1. The Balaban J connectivity index is 1.76. The standard InChI is InChI=1S/C14H19N5O2S/c1-11-14(12(2)17-16-11)22(20,21)19-9-7-18(8-10-19)13-3-5-15-6-4-13/h3-6H,7-10H2,1-2H3,(H,16,17). The lowest BCUT2D eigenvalue weighted by Crippen LogP contribution is -2.48. The Morgan fingerprint density at radius 1 is 1.09 bits per heavy atom. The van der Waals surface area contributed by atoms with E-state index in [2.05, 4.69) is 20.1 Å². The lowest BCUT2D eigenvalue weighted by atomic mass is 10.3. The molecule has 1 fully saturated rings. The van der Waals surface area contributed by atoms with Gasteiger partial charge in [0.05, 0.1) is 11.4 Å². The van der Waals surface area contributed by atoms with Crippen molar-refractivity contribution in [1.29, 1.82) is 0 Å². The minimum Gasteiger partial charge on any atom is -0.369 e. The van der Waals surface area contributed by atoms with Crippen LogP contribution in [0.25, 0.3) is 0 Å². The van der Waals surface area contributed by atoms with Crippen molar-refractivity contribution < 1.29 is 8.42 Å². The molecule has 0 amide bonds. The Kier molecular flexibility index (Phi) is 3.88. The molecule has 3 heterocycles. The lowest BCUT2D eigenvalue weighted by Gasteiger charge is -2.35. The molecule has 2 aromatic heterocycles. The molecule has 0 bridgehead atoms. The van der Waals surface area contributed by atoms with E-state index in [-0.39, 0.29) is 0 Å². The Labute approximate surface area is 130 Å². The van der Waals surface area contributed by atoms with E-state index in [9.17, 15) is 8.42 Å². The molecule has 1 N–H and O–H groups in total. The second kappa shape index (κ2) is 5.69. The van der Waals surface area contributed by atoms with Gasteiger partial charge in [0.1, 0.15) is 4.90 Å². The molecule has 0 unspecified atom stereocenters. The third-order valence-electron chi connectivity index (χ3n) is 3.92. The highest BCUT2D eigenvalue weighted by Crippen LogP contribution is 2.24. The molecule has 118 valence electrons. The highest BCUT2D eigenvalue weighted by molar-refractivity contribution is 7.89. The largest absolute Gasteiger partial charge is 0.369 e. The number of hydrogen-bond acceptors (Lipinski definition) is 5. The van der Waals surface area contributed by atoms with Gasteiger partial charge < -0.3 is 4.90 Å². The maximum Gasteiger partial charge on any atom is 0.246 e. The molecule has 2 aromatic rings. The number of anilines is 1. The molecule has 0 spiro atoms. The minimum atomic E-state index is -3.49. The van der Waals surface area contributed by atoms with Crippen LogP contribution >= 0.6 is 0 Å². The molecule has 0 atom stereocenters. The quantitative estimate of drug-likeness (QED) is 0.909. The van der Waals surface area contributed by atoms with Gasteiger partial charge >= 0.3 is 0 Å². The average Bonchev–Trinajstić information content (AvgIpc) is 2.88. The van der Waals surface area contributed by atoms with E-state index in [0.717, 1.165) is 5.69 Å². The zero-order valence-electron chi connectivity index (χ0n) is 12.7. The van der Waals surface area contributed by atoms with Gasteiger partial charge in [-0.25, -0.2) is 8.42 Å². The number of nitrogens with one attached hydrogen (secondary N) is 1. The van der Waals surface area contributed by atoms with Gasteiger partial charge in [-0.15, -0.1) is 0 Å². The second-order valence-electron chi connectivity index (χ2n) is 5.36. The van der Waals surface area contributed by atoms with Crippen molar-refractivity contribution in [2.75, 3.05) is 31.1 Å². The van der Waals surface area contributed by atoms with E-state index in [4.69, 9.17) is 0 Å². The Hall–Kier alpha value is -1.93. The number of aryl methyl sites for hydroxylation is 2. The summed E-state index contributed by atoms with van der Waals surface area (Å²) >= 11 is 0. The minimum absolute atomic E-state index is 0.310. The second-order valence-corrected chi connectivity index (χ2v) is 7.23. The van der Waals surface area contributed by atoms with Crippen LogP contribution < -0.4 is 4.90 Å². The molecular formula is C14H19N5O2S. The Morgan fingerprint density at radius 3 is 2.27 bits per heavy atom. The number of aromatic nitrogens is 3. The first kappa shape index (κ1) is 15.0. The van der Waals surface area contributed by atoms with Crippen LogP contribution in [0.5, 0.6) is 0 Å². The van der Waals surface area contributed by atoms with Crippen molar-refractivity contribution >= 4 is 15.7 Å². The molecule has 0 radical (unpaired) electrons. The first-order valence-electron chi connectivity index (χ1n) is 7.17. The van der Waals surface area contributed by atoms with Gasteiger partial charge in [-0.2, -0.15) is 9.40 Å². The van der Waals surface area contributed by atoms with Gasteiger partial charge in [0, 0.05) is 44.3 Å². The van der Waals surface area contributed by atoms with Crippen LogP contribution in [0, 0.1) is 13.8 Å². The summed E-state index contributed by atoms with van der Waals surface area (Å²) in [6, 6.07) is 3.88. The van der Waals surface area contributed by atoms with E-state index in [1.165, 1.54) is 4.31 Å². The first-order chi connectivity index (χ1) is 10.5. The summed E-state index contributed by atoms with van der Waals surface area (Å²) in [5.41, 5.74) is 2.19. The molecule has 8 heteroatoms. The summed E-state index contributed by atoms with van der Waals surface area (Å²) in [6.07, 6.45) is 3.49. The van der Waals surface area contributed by atoms with Crippen molar-refractivity contribution in [3.63, 3.8) is 0 Å². The number of aromatic amines is 1. The van der Waals surface area contributed by atoms with Crippen molar-refractivity contribution in [1.82, 2.24) is 19.5 Å². The highest BCUT2D eigenvalue weighted by atomic mass is 32.2. The summed E-state index contributed by atoms with van der Waals surface area (Å²) in [5.74, 6) is 0. The van der Waals surface area contributed by atoms with Gasteiger partial charge in [-0.05, 0) is 26.0 Å². The molecule has 1 aliphatic heterocycles. The fourth-order valence-electron chi connectivity index (χ4n) is 2.79. The molecule has 3 rings (SSSR count). The van der Waals surface area contributed by atoms with Gasteiger partial charge in [0.2, 0.25) is 10.0 Å². The maximum absolute atomic E-state index is 12.8. The summed E-state index contributed by atoms with van der Waals surface area (Å²) in [5, 5.41) is 6.74. The van der Waals surface area contributed by atoms with Gasteiger partial charge in [-0.3, -0.25) is 10.1 Å². The molecular weight excluding hydrogens is 302 g/mol. The van der Waals surface area contributed by atoms with Gasteiger partial charge in [0.15, 0.2) is 0 Å². The summed E-state index contributed by atoms with van der Waals surface area (Å²) in [6.45, 7) is 5.71. The smallest absolute Gasteiger partial charge is 0.246 e. The first-order valence-corrected chi connectivity index (χ1v) is 8.61. The molecule has 22 heavy (non-hydrogen) atoms. The van der Waals surface area contributed by atoms with Gasteiger partial charge in [-0.1, -0.05) is 0 Å². The third-order valence-corrected chi connectivity index (χ3v) is 6.09. The molecule has 0 saturated carbocycles. The molecule has 0 aromatic carbocycles. The van der Waals surface area contributed by atoms with Crippen LogP contribution in [0.4, 0.5) is 5.69 Å². The topological polar surface area (TPSA) is 82.2 Å². The predicted octanol–water partition coefficient (Wildman–Crippen LogP) is 0.932. The van der Waals surface area contributed by atoms with Crippen LogP contribution in [0.15, 0.2) is 29.4 Å².